The van der Waals surface area contributed by atoms with Crippen molar-refractivity contribution in [2.24, 2.45) is 5.10 Å². The Bertz CT molecular complexity index is 1020. The minimum atomic E-state index is -0.446. The molecule has 0 atom stereocenters. The molecule has 1 amide bonds. The van der Waals surface area contributed by atoms with Crippen LogP contribution in [0.5, 0.6) is 5.75 Å². The number of amides is 1. The van der Waals surface area contributed by atoms with Crippen LogP contribution in [-0.4, -0.2) is 18.1 Å². The summed E-state index contributed by atoms with van der Waals surface area (Å²) in [5.41, 5.74) is 4.08. The number of carbonyl (C=O) groups is 2. The summed E-state index contributed by atoms with van der Waals surface area (Å²) >= 11 is 9.11. The smallest absolute Gasteiger partial charge is 0.343 e. The molecule has 140 valence electrons. The molecule has 0 saturated heterocycles. The van der Waals surface area contributed by atoms with Crippen molar-refractivity contribution in [1.29, 1.82) is 0 Å². The fourth-order valence-corrected chi connectivity index (χ4v) is 2.76. The Balaban J connectivity index is 1.56. The zero-order chi connectivity index (χ0) is 19.9. The molecule has 0 bridgehead atoms. The Morgan fingerprint density at radius 1 is 0.964 bits per heavy atom. The van der Waals surface area contributed by atoms with Crippen molar-refractivity contribution in [1.82, 2.24) is 5.43 Å². The van der Waals surface area contributed by atoms with Gasteiger partial charge in [0, 0.05) is 15.1 Å². The molecule has 0 spiro atoms. The van der Waals surface area contributed by atoms with Crippen molar-refractivity contribution < 1.29 is 14.3 Å². The molecule has 3 aromatic carbocycles. The predicted octanol–water partition coefficient (Wildman–Crippen LogP) is 5.09. The van der Waals surface area contributed by atoms with Gasteiger partial charge in [-0.15, -0.1) is 0 Å². The third kappa shape index (κ3) is 5.52. The maximum atomic E-state index is 12.1. The Hall–Kier alpha value is -2.96. The van der Waals surface area contributed by atoms with Crippen molar-refractivity contribution in [2.75, 3.05) is 0 Å². The van der Waals surface area contributed by atoms with Crippen LogP contribution >= 0.6 is 27.5 Å². The van der Waals surface area contributed by atoms with Crippen molar-refractivity contribution >= 4 is 45.6 Å². The van der Waals surface area contributed by atoms with E-state index in [1.807, 2.05) is 6.07 Å². The topological polar surface area (TPSA) is 67.8 Å². The standard InChI is InChI=1S/C21H14BrClN2O3/c22-17-3-1-2-16(12-17)21(27)28-19-10-4-14(5-11-19)13-24-25-20(26)15-6-8-18(23)9-7-15/h1-13H,(H,25,26)/b24-13-. The second-order valence-corrected chi connectivity index (χ2v) is 7.03. The van der Waals surface area contributed by atoms with Gasteiger partial charge in [0.2, 0.25) is 0 Å². The van der Waals surface area contributed by atoms with Crippen LogP contribution in [0.4, 0.5) is 0 Å². The van der Waals surface area contributed by atoms with Gasteiger partial charge in [0.1, 0.15) is 5.75 Å². The lowest BCUT2D eigenvalue weighted by atomic mass is 10.2. The van der Waals surface area contributed by atoms with Gasteiger partial charge in [-0.3, -0.25) is 4.79 Å². The van der Waals surface area contributed by atoms with Crippen LogP contribution in [-0.2, 0) is 0 Å². The maximum absolute atomic E-state index is 12.1. The second-order valence-electron chi connectivity index (χ2n) is 5.67. The number of ether oxygens (including phenoxy) is 1. The highest BCUT2D eigenvalue weighted by atomic mass is 79.9. The van der Waals surface area contributed by atoms with Gasteiger partial charge in [0.15, 0.2) is 0 Å². The Morgan fingerprint density at radius 3 is 2.36 bits per heavy atom. The number of esters is 1. The maximum Gasteiger partial charge on any atom is 0.343 e. The molecule has 1 N–H and O–H groups in total. The summed E-state index contributed by atoms with van der Waals surface area (Å²) < 4.78 is 6.14. The molecule has 0 fully saturated rings. The number of nitrogens with one attached hydrogen (secondary N) is 1. The van der Waals surface area contributed by atoms with E-state index in [4.69, 9.17) is 16.3 Å². The Morgan fingerprint density at radius 2 is 1.68 bits per heavy atom. The molecule has 5 nitrogen and oxygen atoms in total. The SMILES string of the molecule is O=C(N/N=C\c1ccc(OC(=O)c2cccc(Br)c2)cc1)c1ccc(Cl)cc1. The Kier molecular flexibility index (Phi) is 6.57. The fraction of sp³-hybridized carbons (Fsp3) is 0. The van der Waals surface area contributed by atoms with Crippen LogP contribution in [0.25, 0.3) is 0 Å². The molecule has 0 aliphatic rings. The van der Waals surface area contributed by atoms with E-state index in [0.29, 0.717) is 21.9 Å². The lowest BCUT2D eigenvalue weighted by Crippen LogP contribution is -2.17. The molecule has 28 heavy (non-hydrogen) atoms. The van der Waals surface area contributed by atoms with Crippen LogP contribution in [0.1, 0.15) is 26.3 Å². The molecular formula is C21H14BrClN2O3. The first-order chi connectivity index (χ1) is 13.5. The van der Waals surface area contributed by atoms with E-state index in [1.165, 1.54) is 6.21 Å². The molecule has 0 radical (unpaired) electrons. The van der Waals surface area contributed by atoms with Gasteiger partial charge in [-0.05, 0) is 72.3 Å². The number of nitrogens with zero attached hydrogens (tertiary/aromatic N) is 1. The van der Waals surface area contributed by atoms with Gasteiger partial charge >= 0.3 is 5.97 Å². The van der Waals surface area contributed by atoms with Crippen molar-refractivity contribution in [3.05, 3.63) is 99.0 Å². The van der Waals surface area contributed by atoms with Crippen molar-refractivity contribution in [2.45, 2.75) is 0 Å². The second kappa shape index (κ2) is 9.30. The lowest BCUT2D eigenvalue weighted by Gasteiger charge is -2.05. The first kappa shape index (κ1) is 19.8. The van der Waals surface area contributed by atoms with Crippen LogP contribution in [0.2, 0.25) is 5.02 Å². The van der Waals surface area contributed by atoms with E-state index in [0.717, 1.165) is 10.0 Å². The van der Waals surface area contributed by atoms with E-state index >= 15 is 0 Å². The van der Waals surface area contributed by atoms with Gasteiger partial charge in [-0.2, -0.15) is 5.10 Å². The average Bonchev–Trinajstić information content (AvgIpc) is 2.69. The van der Waals surface area contributed by atoms with E-state index in [9.17, 15) is 9.59 Å². The summed E-state index contributed by atoms with van der Waals surface area (Å²) in [6.45, 7) is 0. The van der Waals surface area contributed by atoms with Crippen LogP contribution in [0, 0.1) is 0 Å². The summed E-state index contributed by atoms with van der Waals surface area (Å²) in [4.78, 5) is 24.1. The zero-order valence-corrected chi connectivity index (χ0v) is 16.8. The highest BCUT2D eigenvalue weighted by molar-refractivity contribution is 9.10. The number of hydrogen-bond acceptors (Lipinski definition) is 4. The molecule has 0 saturated carbocycles. The number of rotatable bonds is 5. The summed E-state index contributed by atoms with van der Waals surface area (Å²) in [5.74, 6) is -0.377. The van der Waals surface area contributed by atoms with E-state index in [-0.39, 0.29) is 5.91 Å². The molecule has 0 aliphatic heterocycles. The molecule has 7 heteroatoms. The molecule has 3 rings (SSSR count). The van der Waals surface area contributed by atoms with Crippen LogP contribution < -0.4 is 10.2 Å². The summed E-state index contributed by atoms with van der Waals surface area (Å²) in [7, 11) is 0. The number of halogens is 2. The largest absolute Gasteiger partial charge is 0.423 e. The highest BCUT2D eigenvalue weighted by Gasteiger charge is 2.08. The van der Waals surface area contributed by atoms with Crippen LogP contribution in [0.3, 0.4) is 0 Å². The van der Waals surface area contributed by atoms with E-state index < -0.39 is 5.97 Å². The fourth-order valence-electron chi connectivity index (χ4n) is 2.23. The van der Waals surface area contributed by atoms with E-state index in [2.05, 4.69) is 26.5 Å². The highest BCUT2D eigenvalue weighted by Crippen LogP contribution is 2.16. The van der Waals surface area contributed by atoms with Crippen LogP contribution in [0.15, 0.2) is 82.4 Å². The van der Waals surface area contributed by atoms with Gasteiger partial charge in [0.25, 0.3) is 5.91 Å². The zero-order valence-electron chi connectivity index (χ0n) is 14.4. The normalized spacial score (nSPS) is 10.6. The number of benzene rings is 3. The van der Waals surface area contributed by atoms with Crippen molar-refractivity contribution in [3.63, 3.8) is 0 Å². The minimum Gasteiger partial charge on any atom is -0.423 e. The monoisotopic (exact) mass is 456 g/mol. The quantitative estimate of drug-likeness (QED) is 0.251. The molecule has 0 heterocycles. The van der Waals surface area contributed by atoms with Gasteiger partial charge in [0.05, 0.1) is 11.8 Å². The summed E-state index contributed by atoms with van der Waals surface area (Å²) in [6, 6.07) is 20.2. The Labute approximate surface area is 175 Å². The summed E-state index contributed by atoms with van der Waals surface area (Å²) in [5, 5.41) is 4.47. The van der Waals surface area contributed by atoms with Gasteiger partial charge < -0.3 is 4.74 Å². The van der Waals surface area contributed by atoms with Gasteiger partial charge in [-0.25, -0.2) is 10.2 Å². The lowest BCUT2D eigenvalue weighted by molar-refractivity contribution is 0.0734. The number of hydrogen-bond donors (Lipinski definition) is 1. The predicted molar refractivity (Wildman–Crippen MR) is 112 cm³/mol. The molecule has 0 aromatic heterocycles. The molecule has 0 aliphatic carbocycles. The third-order valence-corrected chi connectivity index (χ3v) is 4.38. The molecular weight excluding hydrogens is 444 g/mol. The van der Waals surface area contributed by atoms with Crippen molar-refractivity contribution in [3.8, 4) is 5.75 Å². The van der Waals surface area contributed by atoms with Gasteiger partial charge in [-0.1, -0.05) is 33.6 Å². The first-order valence-electron chi connectivity index (χ1n) is 8.18. The summed E-state index contributed by atoms with van der Waals surface area (Å²) in [6.07, 6.45) is 1.49. The third-order valence-electron chi connectivity index (χ3n) is 3.64. The average molecular weight is 458 g/mol. The first-order valence-corrected chi connectivity index (χ1v) is 9.35. The number of hydrazone groups is 1. The molecule has 3 aromatic rings. The minimum absolute atomic E-state index is 0.340. The number of carbonyl (C=O) groups excluding carboxylic acids is 2. The molecule has 0 unspecified atom stereocenters. The van der Waals surface area contributed by atoms with E-state index in [1.54, 1.807) is 66.7 Å².